The van der Waals surface area contributed by atoms with Crippen molar-refractivity contribution in [2.45, 2.75) is 147 Å². The molecular formula is C43H62N2O5. The number of nitrogens with one attached hydrogen (secondary N) is 2. The van der Waals surface area contributed by atoms with Crippen LogP contribution in [-0.2, 0) is 27.2 Å². The van der Waals surface area contributed by atoms with Gasteiger partial charge in [-0.05, 0) is 110 Å². The molecule has 2 amide bonds. The molecule has 0 aromatic heterocycles. The van der Waals surface area contributed by atoms with Crippen molar-refractivity contribution in [1.29, 1.82) is 0 Å². The highest BCUT2D eigenvalue weighted by Crippen LogP contribution is 2.62. The van der Waals surface area contributed by atoms with Crippen LogP contribution in [0, 0.1) is 23.2 Å². The minimum atomic E-state index is -0.654. The van der Waals surface area contributed by atoms with Crippen molar-refractivity contribution in [2.75, 3.05) is 6.54 Å². The van der Waals surface area contributed by atoms with Gasteiger partial charge in [0.05, 0.1) is 6.10 Å². The quantitative estimate of drug-likeness (QED) is 0.112. The summed E-state index contributed by atoms with van der Waals surface area (Å²) in [6.45, 7) is 4.42. The van der Waals surface area contributed by atoms with Crippen LogP contribution in [0.3, 0.4) is 0 Å². The predicted molar refractivity (Wildman–Crippen MR) is 199 cm³/mol. The lowest BCUT2D eigenvalue weighted by atomic mass is 9.52. The molecule has 3 aliphatic carbocycles. The Hall–Kier alpha value is -3.19. The first-order valence-corrected chi connectivity index (χ1v) is 19.8. The van der Waals surface area contributed by atoms with Crippen LogP contribution in [0.25, 0.3) is 0 Å². The number of Topliss-reactive ketones (excluding diaryl/α,β-unsaturated/α-hetero) is 1. The zero-order valence-electron chi connectivity index (χ0n) is 30.6. The predicted octanol–water partition coefficient (Wildman–Crippen LogP) is 7.95. The van der Waals surface area contributed by atoms with E-state index in [0.717, 1.165) is 56.9 Å². The van der Waals surface area contributed by atoms with Crippen molar-refractivity contribution in [3.8, 4) is 5.75 Å². The summed E-state index contributed by atoms with van der Waals surface area (Å²) in [5.74, 6) is 2.38. The lowest BCUT2D eigenvalue weighted by Crippen LogP contribution is -2.48. The Labute approximate surface area is 300 Å². The van der Waals surface area contributed by atoms with E-state index in [1.807, 2.05) is 42.5 Å². The molecule has 50 heavy (non-hydrogen) atoms. The summed E-state index contributed by atoms with van der Waals surface area (Å²) in [6.07, 6.45) is 17.9. The van der Waals surface area contributed by atoms with Gasteiger partial charge >= 0.3 is 0 Å². The van der Waals surface area contributed by atoms with Gasteiger partial charge in [0.2, 0.25) is 11.8 Å². The largest absolute Gasteiger partial charge is 0.508 e. The average molecular weight is 687 g/mol. The van der Waals surface area contributed by atoms with Crippen LogP contribution >= 0.6 is 0 Å². The Morgan fingerprint density at radius 1 is 0.880 bits per heavy atom. The molecule has 7 atom stereocenters. The minimum Gasteiger partial charge on any atom is -0.508 e. The number of rotatable bonds is 19. The van der Waals surface area contributed by atoms with E-state index >= 15 is 0 Å². The summed E-state index contributed by atoms with van der Waals surface area (Å²) in [5.41, 5.74) is 3.88. The van der Waals surface area contributed by atoms with E-state index < -0.39 is 6.04 Å². The number of carbonyl (C=O) groups excluding carboxylic acids is 3. The highest BCUT2D eigenvalue weighted by molar-refractivity contribution is 5.89. The van der Waals surface area contributed by atoms with Crippen LogP contribution < -0.4 is 10.6 Å². The molecule has 4 N–H and O–H groups in total. The summed E-state index contributed by atoms with van der Waals surface area (Å²) < 4.78 is 0. The molecule has 0 saturated heterocycles. The van der Waals surface area contributed by atoms with E-state index in [-0.39, 0.29) is 42.0 Å². The van der Waals surface area contributed by atoms with E-state index in [0.29, 0.717) is 42.4 Å². The van der Waals surface area contributed by atoms with Gasteiger partial charge in [0.1, 0.15) is 17.6 Å². The fourth-order valence-electron chi connectivity index (χ4n) is 9.75. The zero-order chi connectivity index (χ0) is 35.5. The first-order valence-electron chi connectivity index (χ1n) is 19.8. The number of phenolic OH excluding ortho intramolecular Hbond substituents is 1. The molecule has 2 aromatic rings. The highest BCUT2D eigenvalue weighted by Gasteiger charge is 2.56. The number of phenols is 1. The van der Waals surface area contributed by atoms with Crippen LogP contribution in [0.5, 0.6) is 5.75 Å². The van der Waals surface area contributed by atoms with Gasteiger partial charge in [0.15, 0.2) is 0 Å². The van der Waals surface area contributed by atoms with Crippen LogP contribution in [0.4, 0.5) is 0 Å². The van der Waals surface area contributed by atoms with E-state index in [9.17, 15) is 24.6 Å². The van der Waals surface area contributed by atoms with Gasteiger partial charge in [-0.25, -0.2) is 0 Å². The molecule has 0 aliphatic heterocycles. The maximum absolute atomic E-state index is 13.0. The van der Waals surface area contributed by atoms with Crippen molar-refractivity contribution >= 4 is 17.6 Å². The van der Waals surface area contributed by atoms with Gasteiger partial charge in [-0.15, -0.1) is 0 Å². The topological polar surface area (TPSA) is 116 Å². The number of aliphatic hydroxyl groups excluding tert-OH is 1. The van der Waals surface area contributed by atoms with Crippen molar-refractivity contribution in [1.82, 2.24) is 10.6 Å². The second-order valence-corrected chi connectivity index (χ2v) is 16.0. The van der Waals surface area contributed by atoms with Crippen molar-refractivity contribution in [2.24, 2.45) is 23.2 Å². The molecule has 0 heterocycles. The van der Waals surface area contributed by atoms with Crippen LogP contribution in [-0.4, -0.2) is 46.5 Å². The molecule has 2 fully saturated rings. The molecule has 7 nitrogen and oxygen atoms in total. The van der Waals surface area contributed by atoms with E-state index in [4.69, 9.17) is 0 Å². The smallest absolute Gasteiger partial charge is 0.242 e. The average Bonchev–Trinajstić information content (AvgIpc) is 3.41. The lowest BCUT2D eigenvalue weighted by molar-refractivity contribution is -0.129. The van der Waals surface area contributed by atoms with Gasteiger partial charge < -0.3 is 25.6 Å². The molecule has 0 bridgehead atoms. The summed E-state index contributed by atoms with van der Waals surface area (Å²) >= 11 is 0. The summed E-state index contributed by atoms with van der Waals surface area (Å²) in [7, 11) is 0. The molecule has 5 rings (SSSR count). The molecule has 7 heteroatoms. The minimum absolute atomic E-state index is 0.0371. The monoisotopic (exact) mass is 686 g/mol. The summed E-state index contributed by atoms with van der Waals surface area (Å²) in [6, 6.07) is 15.1. The highest BCUT2D eigenvalue weighted by atomic mass is 16.3. The molecular weight excluding hydrogens is 624 g/mol. The third-order valence-electron chi connectivity index (χ3n) is 12.5. The van der Waals surface area contributed by atoms with Gasteiger partial charge in [-0.1, -0.05) is 94.7 Å². The summed E-state index contributed by atoms with van der Waals surface area (Å²) in [4.78, 5) is 36.7. The standard InChI is InChI=1S/C43H62N2O5/c1-30(46)18-23-40(49)45-38(27-31-15-11-10-12-16-31)42(50)44-26-14-9-7-5-3-4-6-8-13-17-32-28-33-29-34(47)19-20-35(33)36-24-25-43(2)37(41(32)36)21-22-39(43)48/h10-12,15-16,19-20,29,32,36-39,41,47-48H,3-9,13-14,17-18,21-28H2,1-2H3,(H,44,50)(H,45,49)/t32-,36-,37+,38+,39+,41-,43+/m1/s1. The first-order chi connectivity index (χ1) is 24.2. The SMILES string of the molecule is CC(=O)CCC(=O)N[C@@H](Cc1ccccc1)C(=O)NCCCCCCCCCCC[C@@H]1Cc2cc(O)ccc2[C@H]2CC[C@]3(C)[C@@H](O)CC[C@H]3[C@H]12. The van der Waals surface area contributed by atoms with E-state index in [1.54, 1.807) is 0 Å². The number of amides is 2. The van der Waals surface area contributed by atoms with Crippen molar-refractivity contribution in [3.05, 3.63) is 65.2 Å². The molecule has 3 aliphatic rings. The fraction of sp³-hybridized carbons (Fsp3) is 0.651. The van der Waals surface area contributed by atoms with Crippen molar-refractivity contribution in [3.63, 3.8) is 0 Å². The molecule has 0 radical (unpaired) electrons. The molecule has 274 valence electrons. The third kappa shape index (κ3) is 9.98. The van der Waals surface area contributed by atoms with Gasteiger partial charge in [0.25, 0.3) is 0 Å². The molecule has 0 spiro atoms. The second kappa shape index (κ2) is 18.3. The van der Waals surface area contributed by atoms with Crippen LogP contribution in [0.2, 0.25) is 0 Å². The Morgan fingerprint density at radius 3 is 2.30 bits per heavy atom. The zero-order valence-corrected chi connectivity index (χ0v) is 30.6. The number of aromatic hydroxyl groups is 1. The van der Waals surface area contributed by atoms with Gasteiger partial charge in [-0.2, -0.15) is 0 Å². The molecule has 2 saturated carbocycles. The first kappa shape index (κ1) is 38.1. The molecule has 0 unspecified atom stereocenters. The van der Waals surface area contributed by atoms with E-state index in [2.05, 4.69) is 23.6 Å². The lowest BCUT2D eigenvalue weighted by Gasteiger charge is -2.53. The van der Waals surface area contributed by atoms with Gasteiger partial charge in [-0.3, -0.25) is 9.59 Å². The van der Waals surface area contributed by atoms with Gasteiger partial charge in [0, 0.05) is 25.8 Å². The number of hydrogen-bond acceptors (Lipinski definition) is 5. The van der Waals surface area contributed by atoms with Crippen molar-refractivity contribution < 1.29 is 24.6 Å². The number of aliphatic hydroxyl groups is 1. The Kier molecular flexibility index (Phi) is 14.0. The number of fused-ring (bicyclic) bond motifs is 5. The maximum atomic E-state index is 13.0. The molecule has 2 aromatic carbocycles. The number of benzene rings is 2. The number of carbonyl (C=O) groups is 3. The second-order valence-electron chi connectivity index (χ2n) is 16.0. The fourth-order valence-corrected chi connectivity index (χ4v) is 9.75. The number of ketones is 1. The Balaban J connectivity index is 0.963. The normalized spacial score (nSPS) is 25.9. The van der Waals surface area contributed by atoms with Crippen LogP contribution in [0.15, 0.2) is 48.5 Å². The number of unbranched alkanes of at least 4 members (excludes halogenated alkanes) is 8. The Bertz CT molecular complexity index is 1410. The maximum Gasteiger partial charge on any atom is 0.242 e. The number of hydrogen-bond donors (Lipinski definition) is 4. The van der Waals surface area contributed by atoms with E-state index in [1.165, 1.54) is 63.0 Å². The van der Waals surface area contributed by atoms with Crippen LogP contribution in [0.1, 0.15) is 139 Å². The summed E-state index contributed by atoms with van der Waals surface area (Å²) in [5, 5.41) is 27.0. The Morgan fingerprint density at radius 2 is 1.58 bits per heavy atom. The third-order valence-corrected chi connectivity index (χ3v) is 12.5.